The highest BCUT2D eigenvalue weighted by atomic mass is 16.2. The largest absolute Gasteiger partial charge is 0.348 e. The number of aryl methyl sites for hydroxylation is 2. The highest BCUT2D eigenvalue weighted by Gasteiger charge is 2.19. The lowest BCUT2D eigenvalue weighted by molar-refractivity contribution is 0.0922. The number of pyridine rings is 1. The molecule has 142 valence electrons. The normalized spacial score (nSPS) is 14.6. The summed E-state index contributed by atoms with van der Waals surface area (Å²) < 4.78 is 0. The average Bonchev–Trinajstić information content (AvgIpc) is 2.70. The Labute approximate surface area is 160 Å². The van der Waals surface area contributed by atoms with Crippen LogP contribution >= 0.6 is 0 Å². The van der Waals surface area contributed by atoms with Gasteiger partial charge in [0.25, 0.3) is 11.8 Å². The predicted octanol–water partition coefficient (Wildman–Crippen LogP) is 4.27. The molecule has 0 atom stereocenters. The molecule has 2 N–H and O–H groups in total. The molecule has 1 aliphatic rings. The first-order valence-electron chi connectivity index (χ1n) is 9.76. The summed E-state index contributed by atoms with van der Waals surface area (Å²) in [5.41, 5.74) is 3.44. The summed E-state index contributed by atoms with van der Waals surface area (Å²) in [4.78, 5) is 29.5. The second-order valence-corrected chi connectivity index (χ2v) is 7.13. The van der Waals surface area contributed by atoms with Gasteiger partial charge in [-0.2, -0.15) is 0 Å². The molecule has 2 aromatic rings. The molecule has 1 aromatic heterocycles. The SMILES string of the molecule is CCc1cccc(C)c1NC(=O)c1cccc(C(=O)NC2CCCCC2)n1. The van der Waals surface area contributed by atoms with Crippen LogP contribution in [0.3, 0.4) is 0 Å². The van der Waals surface area contributed by atoms with Crippen LogP contribution in [0.15, 0.2) is 36.4 Å². The van der Waals surface area contributed by atoms with Gasteiger partial charge in [-0.05, 0) is 49.4 Å². The zero-order chi connectivity index (χ0) is 19.2. The Morgan fingerprint density at radius 3 is 2.37 bits per heavy atom. The first-order valence-corrected chi connectivity index (χ1v) is 9.76. The topological polar surface area (TPSA) is 71.1 Å². The minimum absolute atomic E-state index is 0.207. The van der Waals surface area contributed by atoms with Crippen molar-refractivity contribution in [3.63, 3.8) is 0 Å². The molecular formula is C22H27N3O2. The van der Waals surface area contributed by atoms with Gasteiger partial charge >= 0.3 is 0 Å². The van der Waals surface area contributed by atoms with Crippen molar-refractivity contribution in [3.8, 4) is 0 Å². The Hall–Kier alpha value is -2.69. The van der Waals surface area contributed by atoms with E-state index < -0.39 is 0 Å². The number of benzene rings is 1. The van der Waals surface area contributed by atoms with Gasteiger partial charge in [-0.15, -0.1) is 0 Å². The lowest BCUT2D eigenvalue weighted by Crippen LogP contribution is -2.36. The second-order valence-electron chi connectivity index (χ2n) is 7.13. The predicted molar refractivity (Wildman–Crippen MR) is 107 cm³/mol. The molecular weight excluding hydrogens is 338 g/mol. The molecule has 1 fully saturated rings. The molecule has 0 saturated heterocycles. The van der Waals surface area contributed by atoms with Crippen LogP contribution in [0.2, 0.25) is 0 Å². The Morgan fingerprint density at radius 2 is 1.67 bits per heavy atom. The monoisotopic (exact) mass is 365 g/mol. The summed E-state index contributed by atoms with van der Waals surface area (Å²) in [5.74, 6) is -0.506. The van der Waals surface area contributed by atoms with Gasteiger partial charge < -0.3 is 10.6 Å². The molecule has 2 amide bonds. The summed E-state index contributed by atoms with van der Waals surface area (Å²) in [7, 11) is 0. The number of hydrogen-bond acceptors (Lipinski definition) is 3. The molecule has 0 aliphatic heterocycles. The van der Waals surface area contributed by atoms with Crippen molar-refractivity contribution in [1.29, 1.82) is 0 Å². The van der Waals surface area contributed by atoms with Crippen LogP contribution < -0.4 is 10.6 Å². The smallest absolute Gasteiger partial charge is 0.274 e. The quantitative estimate of drug-likeness (QED) is 0.831. The van der Waals surface area contributed by atoms with E-state index in [-0.39, 0.29) is 29.2 Å². The van der Waals surface area contributed by atoms with Crippen LogP contribution in [-0.4, -0.2) is 22.8 Å². The van der Waals surface area contributed by atoms with Gasteiger partial charge in [-0.1, -0.05) is 50.5 Å². The van der Waals surface area contributed by atoms with Gasteiger partial charge in [0.05, 0.1) is 0 Å². The minimum Gasteiger partial charge on any atom is -0.348 e. The van der Waals surface area contributed by atoms with E-state index in [1.54, 1.807) is 18.2 Å². The number of carbonyl (C=O) groups is 2. The van der Waals surface area contributed by atoms with E-state index >= 15 is 0 Å². The van der Waals surface area contributed by atoms with Crippen molar-refractivity contribution in [2.75, 3.05) is 5.32 Å². The summed E-state index contributed by atoms with van der Waals surface area (Å²) in [5, 5.41) is 6.01. The van der Waals surface area contributed by atoms with E-state index in [1.807, 2.05) is 25.1 Å². The molecule has 0 bridgehead atoms. The van der Waals surface area contributed by atoms with Crippen LogP contribution in [-0.2, 0) is 6.42 Å². The van der Waals surface area contributed by atoms with Gasteiger partial charge in [0.1, 0.15) is 11.4 Å². The van der Waals surface area contributed by atoms with E-state index in [1.165, 1.54) is 6.42 Å². The lowest BCUT2D eigenvalue weighted by Gasteiger charge is -2.22. The van der Waals surface area contributed by atoms with Gasteiger partial charge in [0.15, 0.2) is 0 Å². The Morgan fingerprint density at radius 1 is 1.00 bits per heavy atom. The number of hydrogen-bond donors (Lipinski definition) is 2. The Kier molecular flexibility index (Phi) is 6.22. The molecule has 3 rings (SSSR count). The number of para-hydroxylation sites is 1. The fourth-order valence-electron chi connectivity index (χ4n) is 3.57. The number of rotatable bonds is 5. The van der Waals surface area contributed by atoms with Gasteiger partial charge in [0.2, 0.25) is 0 Å². The maximum Gasteiger partial charge on any atom is 0.274 e. The molecule has 0 spiro atoms. The molecule has 5 heteroatoms. The molecule has 27 heavy (non-hydrogen) atoms. The molecule has 0 radical (unpaired) electrons. The van der Waals surface area contributed by atoms with Crippen LogP contribution in [0.25, 0.3) is 0 Å². The summed E-state index contributed by atoms with van der Waals surface area (Å²) >= 11 is 0. The van der Waals surface area contributed by atoms with E-state index in [9.17, 15) is 9.59 Å². The van der Waals surface area contributed by atoms with E-state index in [4.69, 9.17) is 0 Å². The van der Waals surface area contributed by atoms with Crippen molar-refractivity contribution in [2.24, 2.45) is 0 Å². The van der Waals surface area contributed by atoms with Crippen molar-refractivity contribution in [1.82, 2.24) is 10.3 Å². The van der Waals surface area contributed by atoms with Crippen molar-refractivity contribution < 1.29 is 9.59 Å². The Balaban J connectivity index is 1.73. The first kappa shape index (κ1) is 19.1. The van der Waals surface area contributed by atoms with Gasteiger partial charge in [-0.3, -0.25) is 9.59 Å². The van der Waals surface area contributed by atoms with Crippen molar-refractivity contribution >= 4 is 17.5 Å². The third kappa shape index (κ3) is 4.73. The van der Waals surface area contributed by atoms with Crippen LogP contribution in [0.4, 0.5) is 5.69 Å². The third-order valence-electron chi connectivity index (χ3n) is 5.13. The zero-order valence-corrected chi connectivity index (χ0v) is 16.0. The fraction of sp³-hybridized carbons (Fsp3) is 0.409. The van der Waals surface area contributed by atoms with Crippen LogP contribution in [0.1, 0.15) is 71.1 Å². The third-order valence-corrected chi connectivity index (χ3v) is 5.13. The maximum absolute atomic E-state index is 12.7. The molecule has 1 aromatic carbocycles. The molecule has 5 nitrogen and oxygen atoms in total. The summed E-state index contributed by atoms with van der Waals surface area (Å²) in [6.45, 7) is 4.02. The maximum atomic E-state index is 12.7. The number of amides is 2. The number of anilines is 1. The van der Waals surface area contributed by atoms with Crippen molar-refractivity contribution in [3.05, 3.63) is 58.9 Å². The van der Waals surface area contributed by atoms with Crippen LogP contribution in [0.5, 0.6) is 0 Å². The van der Waals surface area contributed by atoms with Gasteiger partial charge in [0, 0.05) is 11.7 Å². The van der Waals surface area contributed by atoms with E-state index in [2.05, 4.69) is 22.5 Å². The Bertz CT molecular complexity index is 826. The van der Waals surface area contributed by atoms with E-state index in [0.29, 0.717) is 0 Å². The average molecular weight is 365 g/mol. The van der Waals surface area contributed by atoms with Crippen LogP contribution in [0, 0.1) is 6.92 Å². The molecule has 1 aliphatic carbocycles. The summed E-state index contributed by atoms with van der Waals surface area (Å²) in [6, 6.07) is 11.2. The molecule has 1 heterocycles. The fourth-order valence-corrected chi connectivity index (χ4v) is 3.57. The van der Waals surface area contributed by atoms with E-state index in [0.717, 1.165) is 48.9 Å². The highest BCUT2D eigenvalue weighted by molar-refractivity contribution is 6.04. The number of aromatic nitrogens is 1. The minimum atomic E-state index is -0.300. The van der Waals surface area contributed by atoms with Gasteiger partial charge in [-0.25, -0.2) is 4.98 Å². The van der Waals surface area contributed by atoms with Crippen molar-refractivity contribution in [2.45, 2.75) is 58.4 Å². The number of nitrogens with one attached hydrogen (secondary N) is 2. The zero-order valence-electron chi connectivity index (χ0n) is 16.0. The molecule has 0 unspecified atom stereocenters. The molecule has 1 saturated carbocycles. The lowest BCUT2D eigenvalue weighted by atomic mass is 9.95. The number of carbonyl (C=O) groups excluding carboxylic acids is 2. The highest BCUT2D eigenvalue weighted by Crippen LogP contribution is 2.22. The standard InChI is InChI=1S/C22H27N3O2/c1-3-16-10-7-9-15(2)20(16)25-22(27)19-14-8-13-18(24-19)21(26)23-17-11-5-4-6-12-17/h7-10,13-14,17H,3-6,11-12H2,1-2H3,(H,23,26)(H,25,27). The first-order chi connectivity index (χ1) is 13.1. The second kappa shape index (κ2) is 8.80. The number of nitrogens with zero attached hydrogens (tertiary/aromatic N) is 1. The summed E-state index contributed by atoms with van der Waals surface area (Å²) in [6.07, 6.45) is 6.39.